The van der Waals surface area contributed by atoms with Gasteiger partial charge < -0.3 is 10.4 Å². The summed E-state index contributed by atoms with van der Waals surface area (Å²) in [5, 5.41) is 13.7. The molecule has 1 heterocycles. The minimum absolute atomic E-state index is 0.474. The van der Waals surface area contributed by atoms with Crippen LogP contribution in [0.5, 0.6) is 5.75 Å². The number of fused-ring (bicyclic) bond motifs is 2. The highest BCUT2D eigenvalue weighted by Gasteiger charge is 2.23. The molecule has 2 N–H and O–H groups in total. The molecule has 1 aliphatic carbocycles. The van der Waals surface area contributed by atoms with E-state index in [-0.39, 0.29) is 0 Å². The summed E-state index contributed by atoms with van der Waals surface area (Å²) in [5.41, 5.74) is 5.48. The Kier molecular flexibility index (Phi) is 5.28. The molecule has 0 saturated carbocycles. The Balaban J connectivity index is 1.19. The van der Waals surface area contributed by atoms with E-state index in [0.717, 1.165) is 44.5 Å². The van der Waals surface area contributed by atoms with Crippen LogP contribution in [0.1, 0.15) is 48.4 Å². The Labute approximate surface area is 157 Å². The van der Waals surface area contributed by atoms with E-state index in [2.05, 4.69) is 47.5 Å². The van der Waals surface area contributed by atoms with Crippen molar-refractivity contribution in [3.63, 3.8) is 0 Å². The smallest absolute Gasteiger partial charge is 0.119 e. The summed E-state index contributed by atoms with van der Waals surface area (Å²) in [7, 11) is 0. The maximum Gasteiger partial charge on any atom is 0.119 e. The minimum Gasteiger partial charge on any atom is -0.508 e. The van der Waals surface area contributed by atoms with Crippen LogP contribution in [0.2, 0.25) is 0 Å². The number of phenols is 1. The number of hydrogen-bond acceptors (Lipinski definition) is 3. The van der Waals surface area contributed by atoms with Crippen LogP contribution in [0, 0.1) is 0 Å². The highest BCUT2D eigenvalue weighted by Crippen LogP contribution is 2.29. The summed E-state index contributed by atoms with van der Waals surface area (Å²) in [6.45, 7) is 5.66. The zero-order chi connectivity index (χ0) is 17.9. The monoisotopic (exact) mass is 350 g/mol. The Bertz CT molecular complexity index is 733. The number of aromatic hydroxyl groups is 1. The fourth-order valence-electron chi connectivity index (χ4n) is 4.52. The van der Waals surface area contributed by atoms with Crippen molar-refractivity contribution < 1.29 is 5.11 Å². The second-order valence-electron chi connectivity index (χ2n) is 7.97. The van der Waals surface area contributed by atoms with Crippen molar-refractivity contribution in [2.45, 2.75) is 64.2 Å². The first kappa shape index (κ1) is 17.6. The summed E-state index contributed by atoms with van der Waals surface area (Å²) in [4.78, 5) is 2.60. The number of hydrogen-bond donors (Lipinski definition) is 2. The van der Waals surface area contributed by atoms with Crippen molar-refractivity contribution in [2.75, 3.05) is 6.54 Å². The maximum atomic E-state index is 9.96. The molecule has 4 rings (SSSR count). The first-order valence-corrected chi connectivity index (χ1v) is 10.0. The Hall–Kier alpha value is -1.84. The molecular formula is C23H30N2O. The average molecular weight is 351 g/mol. The topological polar surface area (TPSA) is 35.5 Å². The van der Waals surface area contributed by atoms with Crippen LogP contribution in [0.15, 0.2) is 42.5 Å². The predicted octanol–water partition coefficient (Wildman–Crippen LogP) is 4.02. The van der Waals surface area contributed by atoms with Gasteiger partial charge in [-0.05, 0) is 73.9 Å². The maximum absolute atomic E-state index is 9.96. The molecule has 2 aromatic rings. The standard InChI is InChI=1S/C23H30N2O/c1-17(25-15-19-7-2-3-8-20(19)16-25)6-5-13-24-21-11-12-22-18(14-21)9-4-10-23(22)26/h2-4,7-10,17,21,24,26H,5-6,11-16H2,1H3. The molecule has 0 fully saturated rings. The highest BCUT2D eigenvalue weighted by atomic mass is 16.3. The van der Waals surface area contributed by atoms with Crippen LogP contribution < -0.4 is 5.32 Å². The molecule has 138 valence electrons. The second-order valence-corrected chi connectivity index (χ2v) is 7.97. The summed E-state index contributed by atoms with van der Waals surface area (Å²) in [5.74, 6) is 0.474. The zero-order valence-electron chi connectivity index (χ0n) is 15.7. The normalized spacial score (nSPS) is 20.6. The number of rotatable bonds is 6. The summed E-state index contributed by atoms with van der Waals surface area (Å²) in [6.07, 6.45) is 5.62. The Morgan fingerprint density at radius 2 is 1.81 bits per heavy atom. The van der Waals surface area contributed by atoms with Crippen LogP contribution in [0.3, 0.4) is 0 Å². The van der Waals surface area contributed by atoms with Crippen LogP contribution in [0.25, 0.3) is 0 Å². The zero-order valence-corrected chi connectivity index (χ0v) is 15.7. The molecule has 0 spiro atoms. The second kappa shape index (κ2) is 7.81. The fraction of sp³-hybridized carbons (Fsp3) is 0.478. The van der Waals surface area contributed by atoms with E-state index in [9.17, 15) is 5.11 Å². The molecule has 0 bridgehead atoms. The lowest BCUT2D eigenvalue weighted by Gasteiger charge is -2.27. The fourth-order valence-corrected chi connectivity index (χ4v) is 4.52. The van der Waals surface area contributed by atoms with Gasteiger partial charge in [0.1, 0.15) is 5.75 Å². The van der Waals surface area contributed by atoms with Gasteiger partial charge in [0, 0.05) is 25.2 Å². The highest BCUT2D eigenvalue weighted by molar-refractivity contribution is 5.41. The molecule has 3 nitrogen and oxygen atoms in total. The van der Waals surface area contributed by atoms with E-state index < -0.39 is 0 Å². The molecule has 1 aliphatic heterocycles. The number of nitrogens with one attached hydrogen (secondary N) is 1. The SMILES string of the molecule is CC(CCCNC1CCc2c(O)cccc2C1)N1Cc2ccccc2C1. The molecule has 0 saturated heterocycles. The number of phenolic OH excluding ortho intramolecular Hbond substituents is 1. The van der Waals surface area contributed by atoms with Crippen LogP contribution >= 0.6 is 0 Å². The molecule has 3 heteroatoms. The van der Waals surface area contributed by atoms with Crippen LogP contribution in [-0.4, -0.2) is 28.6 Å². The van der Waals surface area contributed by atoms with Crippen molar-refractivity contribution in [3.8, 4) is 5.75 Å². The van der Waals surface area contributed by atoms with Crippen molar-refractivity contribution in [1.29, 1.82) is 0 Å². The molecule has 2 aliphatic rings. The van der Waals surface area contributed by atoms with Gasteiger partial charge in [0.2, 0.25) is 0 Å². The van der Waals surface area contributed by atoms with Gasteiger partial charge in [0.05, 0.1) is 0 Å². The third-order valence-electron chi connectivity index (χ3n) is 6.18. The lowest BCUT2D eigenvalue weighted by molar-refractivity contribution is 0.199. The summed E-state index contributed by atoms with van der Waals surface area (Å²) in [6, 6.07) is 16.0. The van der Waals surface area contributed by atoms with E-state index >= 15 is 0 Å². The van der Waals surface area contributed by atoms with Crippen molar-refractivity contribution in [1.82, 2.24) is 10.2 Å². The molecule has 2 unspecified atom stereocenters. The van der Waals surface area contributed by atoms with Gasteiger partial charge in [-0.15, -0.1) is 0 Å². The third-order valence-corrected chi connectivity index (χ3v) is 6.18. The van der Waals surface area contributed by atoms with Gasteiger partial charge in [-0.1, -0.05) is 36.4 Å². The Morgan fingerprint density at radius 1 is 1.08 bits per heavy atom. The van der Waals surface area contributed by atoms with E-state index in [1.165, 1.54) is 29.5 Å². The number of nitrogens with zero attached hydrogens (tertiary/aromatic N) is 1. The Morgan fingerprint density at radius 3 is 2.58 bits per heavy atom. The van der Waals surface area contributed by atoms with Gasteiger partial charge in [0.15, 0.2) is 0 Å². The van der Waals surface area contributed by atoms with E-state index in [0.29, 0.717) is 17.8 Å². The molecule has 2 atom stereocenters. The first-order valence-electron chi connectivity index (χ1n) is 10.0. The lowest BCUT2D eigenvalue weighted by Crippen LogP contribution is -2.36. The van der Waals surface area contributed by atoms with Crippen molar-refractivity contribution in [3.05, 3.63) is 64.7 Å². The largest absolute Gasteiger partial charge is 0.508 e. The van der Waals surface area contributed by atoms with Crippen LogP contribution in [0.4, 0.5) is 0 Å². The quantitative estimate of drug-likeness (QED) is 0.772. The molecule has 0 aromatic heterocycles. The van der Waals surface area contributed by atoms with Gasteiger partial charge in [-0.3, -0.25) is 4.90 Å². The van der Waals surface area contributed by atoms with Crippen molar-refractivity contribution in [2.24, 2.45) is 0 Å². The van der Waals surface area contributed by atoms with Gasteiger partial charge >= 0.3 is 0 Å². The van der Waals surface area contributed by atoms with E-state index in [1.54, 1.807) is 0 Å². The van der Waals surface area contributed by atoms with Crippen molar-refractivity contribution >= 4 is 0 Å². The van der Waals surface area contributed by atoms with Gasteiger partial charge in [0.25, 0.3) is 0 Å². The summed E-state index contributed by atoms with van der Waals surface area (Å²) < 4.78 is 0. The lowest BCUT2D eigenvalue weighted by atomic mass is 9.87. The predicted molar refractivity (Wildman–Crippen MR) is 106 cm³/mol. The third kappa shape index (κ3) is 3.79. The van der Waals surface area contributed by atoms with E-state index in [1.807, 2.05) is 12.1 Å². The molecular weight excluding hydrogens is 320 g/mol. The van der Waals surface area contributed by atoms with Gasteiger partial charge in [-0.25, -0.2) is 0 Å². The summed E-state index contributed by atoms with van der Waals surface area (Å²) >= 11 is 0. The number of benzene rings is 2. The van der Waals surface area contributed by atoms with E-state index in [4.69, 9.17) is 0 Å². The molecule has 2 aromatic carbocycles. The average Bonchev–Trinajstić information content (AvgIpc) is 3.09. The molecule has 26 heavy (non-hydrogen) atoms. The van der Waals surface area contributed by atoms with Crippen LogP contribution in [-0.2, 0) is 25.9 Å². The molecule has 0 radical (unpaired) electrons. The van der Waals surface area contributed by atoms with Gasteiger partial charge in [-0.2, -0.15) is 0 Å². The molecule has 0 amide bonds. The first-order chi connectivity index (χ1) is 12.7. The minimum atomic E-state index is 0.474.